The van der Waals surface area contributed by atoms with Gasteiger partial charge in [-0.05, 0) is 25.8 Å². The van der Waals surface area contributed by atoms with Crippen LogP contribution in [-0.2, 0) is 4.74 Å². The van der Waals surface area contributed by atoms with E-state index in [9.17, 15) is 0 Å². The molecular formula is C12H24N2O. The van der Waals surface area contributed by atoms with Gasteiger partial charge in [0.15, 0.2) is 0 Å². The molecule has 88 valence electrons. The number of hydrogen-bond acceptors (Lipinski definition) is 3. The summed E-state index contributed by atoms with van der Waals surface area (Å²) in [6, 6.07) is 2.29. The van der Waals surface area contributed by atoms with Crippen LogP contribution >= 0.6 is 0 Å². The molecule has 3 nitrogen and oxygen atoms in total. The third-order valence-corrected chi connectivity index (χ3v) is 2.40. The predicted octanol–water partition coefficient (Wildman–Crippen LogP) is 2.33. The molecule has 0 spiro atoms. The highest BCUT2D eigenvalue weighted by Gasteiger charge is 2.21. The van der Waals surface area contributed by atoms with Crippen LogP contribution in [-0.4, -0.2) is 25.3 Å². The monoisotopic (exact) mass is 212 g/mol. The van der Waals surface area contributed by atoms with Crippen molar-refractivity contribution >= 4 is 0 Å². The van der Waals surface area contributed by atoms with Crippen LogP contribution in [0.25, 0.3) is 0 Å². The minimum Gasteiger partial charge on any atom is -0.381 e. The highest BCUT2D eigenvalue weighted by Crippen LogP contribution is 2.08. The Labute approximate surface area is 93.8 Å². The minimum absolute atomic E-state index is 0.438. The molecule has 0 saturated heterocycles. The summed E-state index contributed by atoms with van der Waals surface area (Å²) in [6.07, 6.45) is 1.83. The summed E-state index contributed by atoms with van der Waals surface area (Å²) in [5, 5.41) is 12.2. The molecule has 0 aliphatic carbocycles. The number of hydrogen-bond donors (Lipinski definition) is 1. The van der Waals surface area contributed by atoms with Crippen LogP contribution < -0.4 is 5.32 Å². The Hall–Kier alpha value is -0.590. The summed E-state index contributed by atoms with van der Waals surface area (Å²) in [7, 11) is 0. The third kappa shape index (κ3) is 7.35. The molecule has 0 aliphatic rings. The SMILES string of the molecule is CCNC(C)(C#N)CCOCCC(C)C. The molecule has 0 bridgehead atoms. The van der Waals surface area contributed by atoms with Crippen LogP contribution in [0, 0.1) is 17.2 Å². The fourth-order valence-electron chi connectivity index (χ4n) is 1.27. The van der Waals surface area contributed by atoms with E-state index in [-0.39, 0.29) is 0 Å². The second-order valence-electron chi connectivity index (χ2n) is 4.52. The average molecular weight is 212 g/mol. The van der Waals surface area contributed by atoms with E-state index in [0.717, 1.165) is 26.0 Å². The highest BCUT2D eigenvalue weighted by atomic mass is 16.5. The van der Waals surface area contributed by atoms with Gasteiger partial charge in [0.1, 0.15) is 5.54 Å². The fraction of sp³-hybridized carbons (Fsp3) is 0.917. The normalized spacial score (nSPS) is 14.9. The van der Waals surface area contributed by atoms with Crippen molar-refractivity contribution in [3.05, 3.63) is 0 Å². The van der Waals surface area contributed by atoms with E-state index in [0.29, 0.717) is 12.5 Å². The van der Waals surface area contributed by atoms with E-state index in [4.69, 9.17) is 10.00 Å². The van der Waals surface area contributed by atoms with E-state index >= 15 is 0 Å². The van der Waals surface area contributed by atoms with E-state index in [1.165, 1.54) is 0 Å². The number of nitrogens with zero attached hydrogens (tertiary/aromatic N) is 1. The van der Waals surface area contributed by atoms with Crippen LogP contribution in [0.3, 0.4) is 0 Å². The van der Waals surface area contributed by atoms with Crippen molar-refractivity contribution < 1.29 is 4.74 Å². The molecule has 3 heteroatoms. The lowest BCUT2D eigenvalue weighted by Crippen LogP contribution is -2.41. The number of nitrogens with one attached hydrogen (secondary N) is 1. The van der Waals surface area contributed by atoms with Crippen molar-refractivity contribution in [3.8, 4) is 6.07 Å². The Bertz CT molecular complexity index is 198. The first-order chi connectivity index (χ1) is 7.04. The molecule has 0 radical (unpaired) electrons. The molecule has 0 rings (SSSR count). The largest absolute Gasteiger partial charge is 0.381 e. The molecule has 1 atom stereocenters. The Morgan fingerprint density at radius 1 is 1.40 bits per heavy atom. The predicted molar refractivity (Wildman–Crippen MR) is 62.6 cm³/mol. The van der Waals surface area contributed by atoms with Gasteiger partial charge in [-0.15, -0.1) is 0 Å². The van der Waals surface area contributed by atoms with Crippen molar-refractivity contribution in [3.63, 3.8) is 0 Å². The molecule has 0 heterocycles. The molecule has 1 N–H and O–H groups in total. The molecule has 0 aromatic carbocycles. The van der Waals surface area contributed by atoms with E-state index in [1.807, 2.05) is 13.8 Å². The topological polar surface area (TPSA) is 45.0 Å². The van der Waals surface area contributed by atoms with Crippen LogP contribution in [0.2, 0.25) is 0 Å². The van der Waals surface area contributed by atoms with Gasteiger partial charge in [-0.25, -0.2) is 0 Å². The first kappa shape index (κ1) is 14.4. The Morgan fingerprint density at radius 2 is 2.07 bits per heavy atom. The summed E-state index contributed by atoms with van der Waals surface area (Å²) in [5.74, 6) is 0.682. The standard InChI is InChI=1S/C12H24N2O/c1-5-14-12(4,10-13)7-9-15-8-6-11(2)3/h11,14H,5-9H2,1-4H3. The van der Waals surface area contributed by atoms with Crippen molar-refractivity contribution in [1.29, 1.82) is 5.26 Å². The second kappa shape index (κ2) is 7.67. The summed E-state index contributed by atoms with van der Waals surface area (Å²) in [4.78, 5) is 0. The zero-order valence-corrected chi connectivity index (χ0v) is 10.5. The van der Waals surface area contributed by atoms with Crippen molar-refractivity contribution in [2.45, 2.75) is 46.1 Å². The van der Waals surface area contributed by atoms with Gasteiger partial charge in [-0.2, -0.15) is 5.26 Å². The maximum absolute atomic E-state index is 8.99. The summed E-state index contributed by atoms with van der Waals surface area (Å²) in [5.41, 5.74) is -0.438. The third-order valence-electron chi connectivity index (χ3n) is 2.40. The lowest BCUT2D eigenvalue weighted by Gasteiger charge is -2.22. The van der Waals surface area contributed by atoms with Gasteiger partial charge in [0.2, 0.25) is 0 Å². The molecular weight excluding hydrogens is 188 g/mol. The van der Waals surface area contributed by atoms with Gasteiger partial charge in [-0.3, -0.25) is 5.32 Å². The van der Waals surface area contributed by atoms with Gasteiger partial charge >= 0.3 is 0 Å². The smallest absolute Gasteiger partial charge is 0.106 e. The highest BCUT2D eigenvalue weighted by molar-refractivity contribution is 5.03. The Morgan fingerprint density at radius 3 is 2.53 bits per heavy atom. The molecule has 15 heavy (non-hydrogen) atoms. The van der Waals surface area contributed by atoms with Crippen LogP contribution in [0.15, 0.2) is 0 Å². The maximum Gasteiger partial charge on any atom is 0.106 e. The first-order valence-corrected chi connectivity index (χ1v) is 5.78. The minimum atomic E-state index is -0.438. The quantitative estimate of drug-likeness (QED) is 0.628. The number of nitriles is 1. The molecule has 0 saturated carbocycles. The summed E-state index contributed by atoms with van der Waals surface area (Å²) < 4.78 is 5.50. The van der Waals surface area contributed by atoms with Gasteiger partial charge in [0.05, 0.1) is 6.07 Å². The van der Waals surface area contributed by atoms with Crippen molar-refractivity contribution in [2.24, 2.45) is 5.92 Å². The van der Waals surface area contributed by atoms with E-state index in [2.05, 4.69) is 25.2 Å². The fourth-order valence-corrected chi connectivity index (χ4v) is 1.27. The Balaban J connectivity index is 3.60. The van der Waals surface area contributed by atoms with Gasteiger partial charge in [-0.1, -0.05) is 20.8 Å². The van der Waals surface area contributed by atoms with Gasteiger partial charge in [0.25, 0.3) is 0 Å². The molecule has 0 fully saturated rings. The number of rotatable bonds is 8. The lowest BCUT2D eigenvalue weighted by molar-refractivity contribution is 0.109. The van der Waals surface area contributed by atoms with Crippen molar-refractivity contribution in [1.82, 2.24) is 5.32 Å². The van der Waals surface area contributed by atoms with E-state index in [1.54, 1.807) is 0 Å². The van der Waals surface area contributed by atoms with Crippen molar-refractivity contribution in [2.75, 3.05) is 19.8 Å². The zero-order valence-electron chi connectivity index (χ0n) is 10.5. The zero-order chi connectivity index (χ0) is 11.7. The lowest BCUT2D eigenvalue weighted by atomic mass is 10.0. The molecule has 0 amide bonds. The van der Waals surface area contributed by atoms with Crippen LogP contribution in [0.4, 0.5) is 0 Å². The number of ether oxygens (including phenoxy) is 1. The Kier molecular flexibility index (Phi) is 7.37. The molecule has 0 aromatic heterocycles. The maximum atomic E-state index is 8.99. The molecule has 1 unspecified atom stereocenters. The van der Waals surface area contributed by atoms with Gasteiger partial charge in [0, 0.05) is 19.6 Å². The van der Waals surface area contributed by atoms with Gasteiger partial charge < -0.3 is 4.74 Å². The van der Waals surface area contributed by atoms with Crippen LogP contribution in [0.1, 0.15) is 40.5 Å². The average Bonchev–Trinajstić information content (AvgIpc) is 2.17. The molecule has 0 aromatic rings. The van der Waals surface area contributed by atoms with E-state index < -0.39 is 5.54 Å². The summed E-state index contributed by atoms with van der Waals surface area (Å²) in [6.45, 7) is 10.6. The first-order valence-electron chi connectivity index (χ1n) is 5.78. The summed E-state index contributed by atoms with van der Waals surface area (Å²) >= 11 is 0. The molecule has 0 aliphatic heterocycles. The van der Waals surface area contributed by atoms with Crippen LogP contribution in [0.5, 0.6) is 0 Å². The second-order valence-corrected chi connectivity index (χ2v) is 4.52.